The van der Waals surface area contributed by atoms with Crippen LogP contribution in [0, 0.1) is 20.8 Å². The summed E-state index contributed by atoms with van der Waals surface area (Å²) in [5.41, 5.74) is 3.55. The zero-order valence-corrected chi connectivity index (χ0v) is 14.6. The van der Waals surface area contributed by atoms with Gasteiger partial charge in [-0.05, 0) is 32.4 Å². The second kappa shape index (κ2) is 6.68. The Morgan fingerprint density at radius 3 is 2.75 bits per heavy atom. The summed E-state index contributed by atoms with van der Waals surface area (Å²) in [7, 11) is 0. The number of hydrogen-bond donors (Lipinski definition) is 1. The van der Waals surface area contributed by atoms with Crippen LogP contribution in [0.15, 0.2) is 28.8 Å². The third-order valence-corrected chi connectivity index (χ3v) is 4.94. The van der Waals surface area contributed by atoms with Crippen LogP contribution in [0.3, 0.4) is 0 Å². The third-order valence-electron chi connectivity index (χ3n) is 3.92. The number of nitrogens with zero attached hydrogens (tertiary/aromatic N) is 2. The molecule has 1 aromatic heterocycles. The van der Waals surface area contributed by atoms with E-state index in [0.717, 1.165) is 16.8 Å². The van der Waals surface area contributed by atoms with Crippen molar-refractivity contribution in [1.82, 2.24) is 10.1 Å². The highest BCUT2D eigenvalue weighted by Crippen LogP contribution is 2.25. The molecule has 0 spiro atoms. The molecular weight excluding hydrogens is 326 g/mol. The quantitative estimate of drug-likeness (QED) is 0.926. The Morgan fingerprint density at radius 1 is 1.29 bits per heavy atom. The minimum absolute atomic E-state index is 0.166. The van der Waals surface area contributed by atoms with Crippen LogP contribution in [0.5, 0.6) is 0 Å². The van der Waals surface area contributed by atoms with Crippen LogP contribution in [0.25, 0.3) is 0 Å². The van der Waals surface area contributed by atoms with Crippen molar-refractivity contribution in [3.05, 3.63) is 46.8 Å². The molecule has 0 bridgehead atoms. The molecule has 0 saturated carbocycles. The number of rotatable bonds is 3. The molecule has 2 amide bonds. The lowest BCUT2D eigenvalue weighted by Crippen LogP contribution is -2.44. The lowest BCUT2D eigenvalue weighted by Gasteiger charge is -2.22. The molecular formula is C17H19N3O3S. The van der Waals surface area contributed by atoms with E-state index in [1.807, 2.05) is 32.0 Å². The summed E-state index contributed by atoms with van der Waals surface area (Å²) in [6.45, 7) is 5.71. The number of hydrogen-bond acceptors (Lipinski definition) is 5. The monoisotopic (exact) mass is 345 g/mol. The van der Waals surface area contributed by atoms with Crippen molar-refractivity contribution in [2.24, 2.45) is 0 Å². The zero-order chi connectivity index (χ0) is 17.3. The molecule has 1 aliphatic rings. The summed E-state index contributed by atoms with van der Waals surface area (Å²) < 4.78 is 5.03. The smallest absolute Gasteiger partial charge is 0.293 e. The lowest BCUT2D eigenvalue weighted by molar-refractivity contribution is -0.119. The highest BCUT2D eigenvalue weighted by Gasteiger charge is 2.36. The summed E-state index contributed by atoms with van der Waals surface area (Å²) in [4.78, 5) is 26.7. The fourth-order valence-electron chi connectivity index (χ4n) is 2.64. The number of anilines is 1. The van der Waals surface area contributed by atoms with Crippen LogP contribution in [0.1, 0.15) is 27.4 Å². The van der Waals surface area contributed by atoms with Crippen molar-refractivity contribution in [1.29, 1.82) is 0 Å². The average Bonchev–Trinajstić information content (AvgIpc) is 3.18. The van der Waals surface area contributed by atoms with Gasteiger partial charge in [0.15, 0.2) is 0 Å². The van der Waals surface area contributed by atoms with E-state index in [9.17, 15) is 9.59 Å². The second-order valence-electron chi connectivity index (χ2n) is 5.93. The number of carbonyl (C=O) groups is 2. The van der Waals surface area contributed by atoms with Gasteiger partial charge in [-0.3, -0.25) is 9.59 Å². The van der Waals surface area contributed by atoms with Gasteiger partial charge in [0.25, 0.3) is 5.91 Å². The van der Waals surface area contributed by atoms with Crippen LogP contribution < -0.4 is 5.32 Å². The fraction of sp³-hybridized carbons (Fsp3) is 0.353. The fourth-order valence-corrected chi connectivity index (χ4v) is 3.79. The van der Waals surface area contributed by atoms with E-state index < -0.39 is 6.04 Å². The third kappa shape index (κ3) is 3.31. The molecule has 1 aliphatic heterocycles. The molecule has 126 valence electrons. The van der Waals surface area contributed by atoms with Crippen molar-refractivity contribution in [2.45, 2.75) is 26.8 Å². The molecule has 6 nitrogen and oxygen atoms in total. The predicted octanol–water partition coefficient (Wildman–Crippen LogP) is 2.75. The van der Waals surface area contributed by atoms with Gasteiger partial charge >= 0.3 is 0 Å². The molecule has 0 aliphatic carbocycles. The molecule has 3 rings (SSSR count). The molecule has 1 fully saturated rings. The van der Waals surface area contributed by atoms with Crippen LogP contribution in [0.2, 0.25) is 0 Å². The summed E-state index contributed by atoms with van der Waals surface area (Å²) in [5.74, 6) is 0.705. The Balaban J connectivity index is 1.75. The first-order valence-corrected chi connectivity index (χ1v) is 8.81. The van der Waals surface area contributed by atoms with Gasteiger partial charge in [0.2, 0.25) is 11.7 Å². The minimum Gasteiger partial charge on any atom is -0.351 e. The zero-order valence-electron chi connectivity index (χ0n) is 13.8. The van der Waals surface area contributed by atoms with Gasteiger partial charge in [0.05, 0.1) is 11.6 Å². The highest BCUT2D eigenvalue weighted by molar-refractivity contribution is 7.99. The van der Waals surface area contributed by atoms with Crippen LogP contribution in [-0.2, 0) is 4.79 Å². The maximum atomic E-state index is 12.6. The molecule has 1 unspecified atom stereocenters. The maximum Gasteiger partial charge on any atom is 0.293 e. The van der Waals surface area contributed by atoms with Gasteiger partial charge in [0.1, 0.15) is 6.04 Å². The summed E-state index contributed by atoms with van der Waals surface area (Å²) in [6, 6.07) is 6.92. The van der Waals surface area contributed by atoms with Gasteiger partial charge in [-0.2, -0.15) is 0 Å². The molecule has 1 aromatic carbocycles. The molecule has 2 heterocycles. The normalized spacial score (nSPS) is 17.1. The number of aromatic nitrogens is 1. The summed E-state index contributed by atoms with van der Waals surface area (Å²) >= 11 is 1.55. The number of benzene rings is 1. The van der Waals surface area contributed by atoms with Crippen LogP contribution in [0.4, 0.5) is 5.69 Å². The first-order valence-electron chi connectivity index (χ1n) is 7.66. The maximum absolute atomic E-state index is 12.6. The Labute approximate surface area is 144 Å². The highest BCUT2D eigenvalue weighted by atomic mass is 32.2. The van der Waals surface area contributed by atoms with E-state index in [0.29, 0.717) is 17.3 Å². The number of aryl methyl sites for hydroxylation is 3. The number of thioether (sulfide) groups is 1. The molecule has 0 radical (unpaired) electrons. The van der Waals surface area contributed by atoms with Crippen LogP contribution in [-0.4, -0.2) is 39.5 Å². The number of amides is 2. The van der Waals surface area contributed by atoms with E-state index in [1.54, 1.807) is 24.8 Å². The average molecular weight is 345 g/mol. The van der Waals surface area contributed by atoms with Gasteiger partial charge in [-0.15, -0.1) is 11.8 Å². The van der Waals surface area contributed by atoms with Crippen molar-refractivity contribution in [3.8, 4) is 0 Å². The van der Waals surface area contributed by atoms with Gasteiger partial charge in [0, 0.05) is 17.5 Å². The van der Waals surface area contributed by atoms with E-state index in [-0.39, 0.29) is 17.6 Å². The molecule has 1 saturated heterocycles. The molecule has 7 heteroatoms. The molecule has 2 aromatic rings. The first kappa shape index (κ1) is 16.6. The number of nitrogens with one attached hydrogen (secondary N) is 1. The van der Waals surface area contributed by atoms with E-state index in [2.05, 4.69) is 10.5 Å². The Hall–Kier alpha value is -2.28. The lowest BCUT2D eigenvalue weighted by atomic mass is 10.1. The molecule has 1 N–H and O–H groups in total. The van der Waals surface area contributed by atoms with Crippen molar-refractivity contribution in [3.63, 3.8) is 0 Å². The van der Waals surface area contributed by atoms with Gasteiger partial charge in [-0.25, -0.2) is 0 Å². The van der Waals surface area contributed by atoms with Gasteiger partial charge < -0.3 is 14.7 Å². The van der Waals surface area contributed by atoms with E-state index in [4.69, 9.17) is 4.52 Å². The summed E-state index contributed by atoms with van der Waals surface area (Å²) in [5, 5.41) is 6.67. The van der Waals surface area contributed by atoms with Crippen molar-refractivity contribution in [2.75, 3.05) is 16.9 Å². The van der Waals surface area contributed by atoms with E-state index >= 15 is 0 Å². The first-order chi connectivity index (χ1) is 11.5. The van der Waals surface area contributed by atoms with Crippen molar-refractivity contribution >= 4 is 29.3 Å². The second-order valence-corrected chi connectivity index (χ2v) is 6.93. The van der Waals surface area contributed by atoms with Crippen LogP contribution >= 0.6 is 11.8 Å². The van der Waals surface area contributed by atoms with Gasteiger partial charge in [-0.1, -0.05) is 22.9 Å². The number of carbonyl (C=O) groups excluding carboxylic acids is 2. The Morgan fingerprint density at radius 2 is 2.08 bits per heavy atom. The van der Waals surface area contributed by atoms with Crippen molar-refractivity contribution < 1.29 is 14.1 Å². The SMILES string of the molecule is Cc1ccc(NC(=O)C2CSCN2C(=O)c2cc(C)no2)c(C)c1. The minimum atomic E-state index is -0.520. The molecule has 1 atom stereocenters. The Bertz CT molecular complexity index is 787. The molecule has 24 heavy (non-hydrogen) atoms. The Kier molecular flexibility index (Phi) is 4.62. The largest absolute Gasteiger partial charge is 0.351 e. The summed E-state index contributed by atoms with van der Waals surface area (Å²) in [6.07, 6.45) is 0. The predicted molar refractivity (Wildman–Crippen MR) is 93.1 cm³/mol. The topological polar surface area (TPSA) is 75.4 Å². The van der Waals surface area contributed by atoms with E-state index in [1.165, 1.54) is 4.90 Å². The standard InChI is InChI=1S/C17H19N3O3S/c1-10-4-5-13(11(2)6-10)18-16(21)14-8-24-9-20(14)17(22)15-7-12(3)19-23-15/h4-7,14H,8-9H2,1-3H3,(H,18,21).